The van der Waals surface area contributed by atoms with Crippen LogP contribution in [0.1, 0.15) is 45.1 Å². The van der Waals surface area contributed by atoms with Crippen LogP contribution in [0.5, 0.6) is 0 Å². The summed E-state index contributed by atoms with van der Waals surface area (Å²) in [5.41, 5.74) is 8.77. The Morgan fingerprint density at radius 3 is 2.37 bits per heavy atom. The number of hydrogen-bond acceptors (Lipinski definition) is 7. The van der Waals surface area contributed by atoms with Crippen molar-refractivity contribution in [1.29, 1.82) is 0 Å². The number of anilines is 1. The van der Waals surface area contributed by atoms with E-state index in [9.17, 15) is 19.7 Å². The molecule has 2 aromatic rings. The van der Waals surface area contributed by atoms with Crippen molar-refractivity contribution in [3.63, 3.8) is 0 Å². The fraction of sp³-hybridized carbons (Fsp3) is 0.308. The predicted octanol–water partition coefficient (Wildman–Crippen LogP) is 5.23. The van der Waals surface area contributed by atoms with Gasteiger partial charge in [0.15, 0.2) is 5.78 Å². The van der Waals surface area contributed by atoms with Crippen LogP contribution in [0, 0.1) is 15.5 Å². The fourth-order valence-electron chi connectivity index (χ4n) is 4.83. The van der Waals surface area contributed by atoms with E-state index in [4.69, 9.17) is 22.1 Å². The number of esters is 1. The lowest BCUT2D eigenvalue weighted by atomic mass is 9.68. The van der Waals surface area contributed by atoms with Crippen LogP contribution in [0.2, 0.25) is 5.02 Å². The first-order valence-electron chi connectivity index (χ1n) is 11.3. The molecule has 1 heterocycles. The summed E-state index contributed by atoms with van der Waals surface area (Å²) in [5, 5.41) is 11.7. The summed E-state index contributed by atoms with van der Waals surface area (Å²) in [4.78, 5) is 39.2. The summed E-state index contributed by atoms with van der Waals surface area (Å²) < 4.78 is 5.37. The second-order valence-electron chi connectivity index (χ2n) is 9.41. The highest BCUT2D eigenvalue weighted by molar-refractivity contribution is 6.30. The van der Waals surface area contributed by atoms with E-state index in [0.717, 1.165) is 0 Å². The molecule has 4 rings (SSSR count). The average Bonchev–Trinajstić information content (AvgIpc) is 2.78. The van der Waals surface area contributed by atoms with E-state index < -0.39 is 16.8 Å². The van der Waals surface area contributed by atoms with E-state index >= 15 is 0 Å². The van der Waals surface area contributed by atoms with Crippen LogP contribution < -0.4 is 10.6 Å². The van der Waals surface area contributed by atoms with Crippen LogP contribution in [-0.4, -0.2) is 23.3 Å². The predicted molar refractivity (Wildman–Crippen MR) is 133 cm³/mol. The smallest absolute Gasteiger partial charge is 0.338 e. The molecule has 35 heavy (non-hydrogen) atoms. The van der Waals surface area contributed by atoms with Crippen molar-refractivity contribution in [1.82, 2.24) is 0 Å². The molecule has 0 radical (unpaired) electrons. The van der Waals surface area contributed by atoms with Gasteiger partial charge in [-0.05, 0) is 48.6 Å². The first-order chi connectivity index (χ1) is 16.5. The Kier molecular flexibility index (Phi) is 6.42. The molecular formula is C26H26ClN3O5. The lowest BCUT2D eigenvalue weighted by Crippen LogP contribution is -2.43. The monoisotopic (exact) mass is 495 g/mol. The van der Waals surface area contributed by atoms with Gasteiger partial charge in [-0.3, -0.25) is 19.8 Å². The zero-order valence-corrected chi connectivity index (χ0v) is 20.5. The molecule has 2 N–H and O–H groups in total. The van der Waals surface area contributed by atoms with Crippen molar-refractivity contribution < 1.29 is 19.2 Å². The average molecular weight is 496 g/mol. The largest absolute Gasteiger partial charge is 0.463 e. The van der Waals surface area contributed by atoms with Crippen LogP contribution in [-0.2, 0) is 14.3 Å². The number of ketones is 1. The van der Waals surface area contributed by atoms with E-state index in [2.05, 4.69) is 0 Å². The maximum absolute atomic E-state index is 13.6. The number of hydrogen-bond donors (Lipinski definition) is 1. The van der Waals surface area contributed by atoms with Crippen molar-refractivity contribution in [2.24, 2.45) is 11.1 Å². The van der Waals surface area contributed by atoms with E-state index in [1.165, 1.54) is 12.1 Å². The highest BCUT2D eigenvalue weighted by Crippen LogP contribution is 2.50. The van der Waals surface area contributed by atoms with Gasteiger partial charge in [0.2, 0.25) is 0 Å². The minimum absolute atomic E-state index is 0.0766. The summed E-state index contributed by atoms with van der Waals surface area (Å²) in [6.07, 6.45) is 0.825. The molecule has 9 heteroatoms. The number of nitrogens with two attached hydrogens (primary N) is 1. The number of carbonyl (C=O) groups excluding carboxylic acids is 2. The number of nitrogens with zero attached hydrogens (tertiary/aromatic N) is 2. The van der Waals surface area contributed by atoms with Gasteiger partial charge in [0.1, 0.15) is 5.82 Å². The lowest BCUT2D eigenvalue weighted by molar-refractivity contribution is -0.384. The van der Waals surface area contributed by atoms with Gasteiger partial charge in [-0.1, -0.05) is 37.6 Å². The standard InChI is InChI=1S/C26H26ClN3O5/c1-4-35-25(32)23-21(15-5-7-16(27)8-6-15)22-19(13-26(2,3)14-20(22)31)29(24(23)28)17-9-11-18(12-10-17)30(33)34/h5-12,21H,4,13-14,28H2,1-3H3/t21-/m1/s1. The van der Waals surface area contributed by atoms with Gasteiger partial charge in [-0.2, -0.15) is 0 Å². The van der Waals surface area contributed by atoms with Crippen molar-refractivity contribution in [2.45, 2.75) is 39.5 Å². The number of benzene rings is 2. The van der Waals surface area contributed by atoms with Gasteiger partial charge < -0.3 is 10.5 Å². The fourth-order valence-corrected chi connectivity index (χ4v) is 4.95. The molecule has 0 fully saturated rings. The second-order valence-corrected chi connectivity index (χ2v) is 9.85. The Labute approximate surface area is 208 Å². The maximum atomic E-state index is 13.6. The van der Waals surface area contributed by atoms with E-state index in [1.807, 2.05) is 13.8 Å². The molecule has 0 saturated heterocycles. The van der Waals surface area contributed by atoms with Gasteiger partial charge in [0.05, 0.1) is 23.0 Å². The number of nitro benzene ring substituents is 1. The van der Waals surface area contributed by atoms with E-state index in [0.29, 0.717) is 40.4 Å². The van der Waals surface area contributed by atoms with Crippen molar-refractivity contribution >= 4 is 34.7 Å². The Balaban J connectivity index is 2.00. The summed E-state index contributed by atoms with van der Waals surface area (Å²) >= 11 is 6.11. The quantitative estimate of drug-likeness (QED) is 0.343. The summed E-state index contributed by atoms with van der Waals surface area (Å²) in [6, 6.07) is 12.8. The Hall–Kier alpha value is -3.65. The number of ether oxygens (including phenoxy) is 1. The number of Topliss-reactive ketones (excluding diaryl/α,β-unsaturated/α-hetero) is 1. The van der Waals surface area contributed by atoms with Gasteiger partial charge in [-0.15, -0.1) is 0 Å². The zero-order valence-electron chi connectivity index (χ0n) is 19.7. The second kappa shape index (κ2) is 9.19. The van der Waals surface area contributed by atoms with Gasteiger partial charge in [0, 0.05) is 40.5 Å². The molecule has 2 aromatic carbocycles. The minimum Gasteiger partial charge on any atom is -0.463 e. The molecule has 0 saturated carbocycles. The summed E-state index contributed by atoms with van der Waals surface area (Å²) in [5.74, 6) is -1.31. The van der Waals surface area contributed by atoms with Crippen LogP contribution >= 0.6 is 11.6 Å². The first-order valence-corrected chi connectivity index (χ1v) is 11.6. The molecule has 0 bridgehead atoms. The Bertz CT molecular complexity index is 1260. The van der Waals surface area contributed by atoms with Gasteiger partial charge in [0.25, 0.3) is 5.69 Å². The van der Waals surface area contributed by atoms with Gasteiger partial charge >= 0.3 is 5.97 Å². The van der Waals surface area contributed by atoms with Crippen molar-refractivity contribution in [3.8, 4) is 0 Å². The molecule has 0 amide bonds. The topological polar surface area (TPSA) is 116 Å². The normalized spacial score (nSPS) is 19.5. The third-order valence-electron chi connectivity index (χ3n) is 6.28. The van der Waals surface area contributed by atoms with E-state index in [-0.39, 0.29) is 34.9 Å². The molecule has 0 aromatic heterocycles. The summed E-state index contributed by atoms with van der Waals surface area (Å²) in [6.45, 7) is 5.83. The molecule has 0 spiro atoms. The highest BCUT2D eigenvalue weighted by atomic mass is 35.5. The Morgan fingerprint density at radius 2 is 1.80 bits per heavy atom. The molecule has 182 valence electrons. The highest BCUT2D eigenvalue weighted by Gasteiger charge is 2.46. The van der Waals surface area contributed by atoms with Crippen LogP contribution in [0.15, 0.2) is 71.2 Å². The third kappa shape index (κ3) is 4.53. The molecule has 1 aliphatic carbocycles. The van der Waals surface area contributed by atoms with Crippen LogP contribution in [0.3, 0.4) is 0 Å². The first kappa shape index (κ1) is 24.5. The minimum atomic E-state index is -0.723. The number of halogens is 1. The lowest BCUT2D eigenvalue weighted by Gasteiger charge is -2.44. The number of rotatable bonds is 5. The third-order valence-corrected chi connectivity index (χ3v) is 6.53. The van der Waals surface area contributed by atoms with Crippen molar-refractivity contribution in [3.05, 3.63) is 91.9 Å². The van der Waals surface area contributed by atoms with Gasteiger partial charge in [-0.25, -0.2) is 4.79 Å². The molecule has 2 aliphatic rings. The molecular weight excluding hydrogens is 470 g/mol. The van der Waals surface area contributed by atoms with Crippen LogP contribution in [0.25, 0.3) is 0 Å². The van der Waals surface area contributed by atoms with Crippen LogP contribution in [0.4, 0.5) is 11.4 Å². The molecule has 1 atom stereocenters. The maximum Gasteiger partial charge on any atom is 0.338 e. The van der Waals surface area contributed by atoms with Crippen molar-refractivity contribution in [2.75, 3.05) is 11.5 Å². The summed E-state index contributed by atoms with van der Waals surface area (Å²) in [7, 11) is 0. The molecule has 8 nitrogen and oxygen atoms in total. The number of non-ortho nitro benzene ring substituents is 1. The number of carbonyl (C=O) groups is 2. The SMILES string of the molecule is CCOC(=O)C1=C(N)N(c2ccc([N+](=O)[O-])cc2)C2=C(C(=O)CC(C)(C)C2)[C@H]1c1ccc(Cl)cc1. The zero-order chi connectivity index (χ0) is 25.5. The number of allylic oxidation sites excluding steroid dienone is 2. The molecule has 0 unspecified atom stereocenters. The van der Waals surface area contributed by atoms with E-state index in [1.54, 1.807) is 48.2 Å². The number of nitro groups is 1. The Morgan fingerprint density at radius 1 is 1.17 bits per heavy atom. The molecule has 1 aliphatic heterocycles.